The topological polar surface area (TPSA) is 130 Å². The summed E-state index contributed by atoms with van der Waals surface area (Å²) >= 11 is 0. The molecule has 0 aromatic rings. The zero-order valence-corrected chi connectivity index (χ0v) is 12.5. The van der Waals surface area contributed by atoms with Gasteiger partial charge in [0.05, 0.1) is 7.82 Å². The van der Waals surface area contributed by atoms with Crippen LogP contribution in [0, 0.1) is 0 Å². The fourth-order valence-electron chi connectivity index (χ4n) is 0.112. The van der Waals surface area contributed by atoms with Crippen molar-refractivity contribution in [1.82, 2.24) is 0 Å². The molecule has 0 rings (SSSR count). The van der Waals surface area contributed by atoms with Crippen molar-refractivity contribution < 1.29 is 82.7 Å². The molecule has 0 aliphatic heterocycles. The van der Waals surface area contributed by atoms with Crippen molar-refractivity contribution in [2.75, 3.05) is 0 Å². The molecule has 0 radical (unpaired) electrons. The van der Waals surface area contributed by atoms with E-state index < -0.39 is 18.2 Å². The van der Waals surface area contributed by atoms with Crippen LogP contribution >= 0.6 is 7.82 Å². The Balaban J connectivity index is -0.000000320. The molecule has 11 heavy (non-hydrogen) atoms. The minimum absolute atomic E-state index is 0. The third kappa shape index (κ3) is 19.4. The molecular weight excluding hydrogens is 254 g/mol. The van der Waals surface area contributed by atoms with Gasteiger partial charge in [-0.3, -0.25) is 0 Å². The van der Waals surface area contributed by atoms with Gasteiger partial charge >= 0.3 is 89.1 Å². The van der Waals surface area contributed by atoms with Crippen LogP contribution in [0.3, 0.4) is 0 Å². The molecule has 0 heterocycles. The van der Waals surface area contributed by atoms with Crippen molar-refractivity contribution in [1.29, 1.82) is 0 Å². The average Bonchev–Trinajstić information content (AvgIpc) is 1.14. The van der Waals surface area contributed by atoms with Crippen LogP contribution in [0.1, 0.15) is 0 Å². The SMILES string of the molecule is O=P([O-])([O-])OS(=O)(=O)[O-].[Ca+2].[K+]. The van der Waals surface area contributed by atoms with E-state index in [9.17, 15) is 27.3 Å². The first kappa shape index (κ1) is 19.5. The maximum absolute atomic E-state index is 9.32. The smallest absolute Gasteiger partial charge is 0.789 e. The summed E-state index contributed by atoms with van der Waals surface area (Å²) in [5.41, 5.74) is 0. The first-order chi connectivity index (χ1) is 3.71. The number of hydrogen-bond acceptors (Lipinski definition) is 7. The third-order valence-electron chi connectivity index (χ3n) is 0.183. The maximum Gasteiger partial charge on any atom is 2.00 e. The second kappa shape index (κ2) is 7.24. The molecule has 11 heteroatoms. The Labute approximate surface area is 136 Å². The molecule has 0 saturated carbocycles. The fraction of sp³-hybridized carbons (Fsp3) is 0. The summed E-state index contributed by atoms with van der Waals surface area (Å²) in [7, 11) is -11.1. The second-order valence-corrected chi connectivity index (χ2v) is 3.24. The molecule has 0 spiro atoms. The van der Waals surface area contributed by atoms with Gasteiger partial charge in [0.15, 0.2) is 0 Å². The summed E-state index contributed by atoms with van der Waals surface area (Å²) in [4.78, 5) is 18.6. The van der Waals surface area contributed by atoms with Gasteiger partial charge in [-0.1, -0.05) is 0 Å². The van der Waals surface area contributed by atoms with E-state index in [0.717, 1.165) is 0 Å². The van der Waals surface area contributed by atoms with Gasteiger partial charge in [-0.2, -0.15) is 0 Å². The monoisotopic (exact) mass is 254 g/mol. The van der Waals surface area contributed by atoms with Crippen molar-refractivity contribution in [3.63, 3.8) is 0 Å². The summed E-state index contributed by atoms with van der Waals surface area (Å²) in [6, 6.07) is 0. The minimum Gasteiger partial charge on any atom is -0.789 e. The Morgan fingerprint density at radius 1 is 1.27 bits per heavy atom. The van der Waals surface area contributed by atoms with Gasteiger partial charge in [0.2, 0.25) is 10.4 Å². The van der Waals surface area contributed by atoms with Crippen molar-refractivity contribution in [3.05, 3.63) is 0 Å². The van der Waals surface area contributed by atoms with Crippen LogP contribution in [0.25, 0.3) is 0 Å². The minimum atomic E-state index is -5.69. The van der Waals surface area contributed by atoms with E-state index in [1.807, 2.05) is 0 Å². The molecule has 0 fully saturated rings. The molecule has 56 valence electrons. The third-order valence-corrected chi connectivity index (χ3v) is 1.64. The molecule has 0 aromatic carbocycles. The Morgan fingerprint density at radius 2 is 1.55 bits per heavy atom. The molecule has 0 aliphatic carbocycles. The van der Waals surface area contributed by atoms with Gasteiger partial charge in [0.25, 0.3) is 0 Å². The van der Waals surface area contributed by atoms with E-state index in [1.54, 1.807) is 0 Å². The normalized spacial score (nSPS) is 11.2. The van der Waals surface area contributed by atoms with Gasteiger partial charge in [-0.25, -0.2) is 12.4 Å². The predicted octanol–water partition coefficient (Wildman–Crippen LogP) is -6.08. The zero-order chi connectivity index (χ0) is 7.71. The maximum atomic E-state index is 9.32. The second-order valence-electron chi connectivity index (χ2n) is 0.930. The largest absolute Gasteiger partial charge is 2.00 e. The van der Waals surface area contributed by atoms with Gasteiger partial charge in [0.1, 0.15) is 0 Å². The first-order valence-corrected chi connectivity index (χ1v) is 4.19. The van der Waals surface area contributed by atoms with Gasteiger partial charge in [-0.15, -0.1) is 0 Å². The fourth-order valence-corrected chi connectivity index (χ4v) is 1.01. The van der Waals surface area contributed by atoms with E-state index >= 15 is 0 Å². The van der Waals surface area contributed by atoms with Gasteiger partial charge in [-0.05, 0) is 0 Å². The van der Waals surface area contributed by atoms with Crippen LogP contribution in [0.5, 0.6) is 0 Å². The number of rotatable bonds is 2. The van der Waals surface area contributed by atoms with E-state index in [0.29, 0.717) is 0 Å². The summed E-state index contributed by atoms with van der Waals surface area (Å²) in [6.07, 6.45) is 0. The van der Waals surface area contributed by atoms with Crippen molar-refractivity contribution in [2.24, 2.45) is 0 Å². The van der Waals surface area contributed by atoms with Crippen LogP contribution in [-0.4, -0.2) is 50.7 Å². The summed E-state index contributed by atoms with van der Waals surface area (Å²) in [5, 5.41) is 0. The Kier molecular flexibility index (Phi) is 12.8. The standard InChI is InChI=1S/Ca.K.H3O7PS/c;;1-8(2,3)7-9(4,5)6/h;;(H2,1,2,3)(H,4,5,6)/q+2;+1;/p-3. The molecule has 0 atom stereocenters. The predicted molar refractivity (Wildman–Crippen MR) is 24.1 cm³/mol. The molecular formula is CaKO7PS. The average molecular weight is 254 g/mol. The molecule has 0 aliphatic rings. The quantitative estimate of drug-likeness (QED) is 0.207. The summed E-state index contributed by atoms with van der Waals surface area (Å²) < 4.78 is 39.7. The first-order valence-electron chi connectivity index (χ1n) is 1.40. The zero-order valence-electron chi connectivity index (χ0n) is 5.42. The van der Waals surface area contributed by atoms with Crippen LogP contribution in [0.4, 0.5) is 0 Å². The van der Waals surface area contributed by atoms with E-state index in [1.165, 1.54) is 0 Å². The van der Waals surface area contributed by atoms with Crippen LogP contribution in [-0.2, 0) is 18.9 Å². The number of phosphoric acid groups is 1. The Hall–Kier alpha value is 2.92. The van der Waals surface area contributed by atoms with E-state index in [2.05, 4.69) is 3.97 Å². The molecule has 0 unspecified atom stereocenters. The molecule has 0 N–H and O–H groups in total. The van der Waals surface area contributed by atoms with Crippen LogP contribution < -0.4 is 61.2 Å². The molecule has 0 bridgehead atoms. The summed E-state index contributed by atoms with van der Waals surface area (Å²) in [5.74, 6) is 0. The van der Waals surface area contributed by atoms with Gasteiger partial charge in [0, 0.05) is 0 Å². The Morgan fingerprint density at radius 3 is 1.55 bits per heavy atom. The number of hydrogen-bond donors (Lipinski definition) is 0. The molecule has 7 nitrogen and oxygen atoms in total. The molecule has 0 saturated heterocycles. The van der Waals surface area contributed by atoms with Crippen molar-refractivity contribution in [2.45, 2.75) is 0 Å². The molecule has 0 aromatic heterocycles. The molecule has 0 amide bonds. The van der Waals surface area contributed by atoms with Crippen LogP contribution in [0.2, 0.25) is 0 Å². The van der Waals surface area contributed by atoms with E-state index in [4.69, 9.17) is 0 Å². The Bertz CT molecular complexity index is 225. The van der Waals surface area contributed by atoms with Crippen molar-refractivity contribution in [3.8, 4) is 0 Å². The van der Waals surface area contributed by atoms with Crippen LogP contribution in [0.15, 0.2) is 0 Å². The van der Waals surface area contributed by atoms with Gasteiger partial charge < -0.3 is 18.9 Å². The van der Waals surface area contributed by atoms with E-state index in [-0.39, 0.29) is 89.1 Å². The van der Waals surface area contributed by atoms with Crippen molar-refractivity contribution >= 4 is 56.0 Å². The summed E-state index contributed by atoms with van der Waals surface area (Å²) in [6.45, 7) is 0.